The van der Waals surface area contributed by atoms with Crippen molar-refractivity contribution < 1.29 is 4.79 Å². The van der Waals surface area contributed by atoms with E-state index in [1.807, 2.05) is 17.8 Å². The van der Waals surface area contributed by atoms with Gasteiger partial charge in [-0.05, 0) is 37.0 Å². The van der Waals surface area contributed by atoms with Crippen molar-refractivity contribution in [2.24, 2.45) is 5.92 Å². The van der Waals surface area contributed by atoms with E-state index in [2.05, 4.69) is 18.3 Å². The molecule has 2 unspecified atom stereocenters. The fourth-order valence-corrected chi connectivity index (χ4v) is 4.17. The number of benzene rings is 1. The largest absolute Gasteiger partial charge is 0.326 e. The number of nitriles is 1. The van der Waals surface area contributed by atoms with E-state index in [1.165, 1.54) is 25.7 Å². The van der Waals surface area contributed by atoms with Crippen molar-refractivity contribution in [3.05, 3.63) is 29.8 Å². The monoisotopic (exact) mass is 302 g/mol. The van der Waals surface area contributed by atoms with E-state index in [9.17, 15) is 4.79 Å². The summed E-state index contributed by atoms with van der Waals surface area (Å²) in [6, 6.07) is 9.11. The molecule has 0 aromatic heterocycles. The van der Waals surface area contributed by atoms with Gasteiger partial charge in [0, 0.05) is 23.1 Å². The van der Waals surface area contributed by atoms with Crippen LogP contribution in [-0.2, 0) is 4.79 Å². The van der Waals surface area contributed by atoms with Crippen LogP contribution in [0.25, 0.3) is 0 Å². The number of hydrogen-bond donors (Lipinski definition) is 1. The predicted octanol–water partition coefficient (Wildman–Crippen LogP) is 4.20. The molecule has 0 heterocycles. The number of nitrogens with zero attached hydrogens (tertiary/aromatic N) is 1. The standard InChI is InChI=1S/C17H22N2OS/c1-13-4-2-7-16(10-13)21-9-8-17(20)19-15-6-3-5-14(11-15)12-18/h3,5-6,11,13,16H,2,4,7-10H2,1H3,(H,19,20). The summed E-state index contributed by atoms with van der Waals surface area (Å²) in [6.45, 7) is 2.32. The minimum absolute atomic E-state index is 0.0291. The van der Waals surface area contributed by atoms with E-state index in [-0.39, 0.29) is 5.91 Å². The third-order valence-corrected chi connectivity index (χ3v) is 5.19. The van der Waals surface area contributed by atoms with Gasteiger partial charge in [-0.2, -0.15) is 17.0 Å². The van der Waals surface area contributed by atoms with Gasteiger partial charge in [0.15, 0.2) is 0 Å². The van der Waals surface area contributed by atoms with Crippen LogP contribution < -0.4 is 5.32 Å². The number of carbonyl (C=O) groups is 1. The minimum atomic E-state index is 0.0291. The number of thioether (sulfide) groups is 1. The number of hydrogen-bond acceptors (Lipinski definition) is 3. The second kappa shape index (κ2) is 8.09. The van der Waals surface area contributed by atoms with Crippen LogP contribution in [0.3, 0.4) is 0 Å². The SMILES string of the molecule is CC1CCCC(SCCC(=O)Nc2cccc(C#N)c2)C1. The lowest BCUT2D eigenvalue weighted by Gasteiger charge is -2.26. The van der Waals surface area contributed by atoms with Crippen molar-refractivity contribution in [3.63, 3.8) is 0 Å². The maximum atomic E-state index is 11.9. The summed E-state index contributed by atoms with van der Waals surface area (Å²) < 4.78 is 0. The zero-order chi connectivity index (χ0) is 15.1. The van der Waals surface area contributed by atoms with Crippen LogP contribution in [0.4, 0.5) is 5.69 Å². The first-order valence-corrected chi connectivity index (χ1v) is 8.64. The topological polar surface area (TPSA) is 52.9 Å². The Morgan fingerprint density at radius 2 is 2.33 bits per heavy atom. The van der Waals surface area contributed by atoms with E-state index >= 15 is 0 Å². The van der Waals surface area contributed by atoms with Gasteiger partial charge in [-0.1, -0.05) is 25.8 Å². The summed E-state index contributed by atoms with van der Waals surface area (Å²) in [7, 11) is 0. The van der Waals surface area contributed by atoms with Crippen molar-refractivity contribution in [1.82, 2.24) is 0 Å². The smallest absolute Gasteiger partial charge is 0.225 e. The van der Waals surface area contributed by atoms with Gasteiger partial charge in [0.2, 0.25) is 5.91 Å². The van der Waals surface area contributed by atoms with E-state index < -0.39 is 0 Å². The van der Waals surface area contributed by atoms with Gasteiger partial charge >= 0.3 is 0 Å². The molecule has 0 saturated heterocycles. The van der Waals surface area contributed by atoms with Gasteiger partial charge in [-0.3, -0.25) is 4.79 Å². The number of anilines is 1. The van der Waals surface area contributed by atoms with Gasteiger partial charge in [-0.15, -0.1) is 0 Å². The van der Waals surface area contributed by atoms with Gasteiger partial charge < -0.3 is 5.32 Å². The van der Waals surface area contributed by atoms with Crippen molar-refractivity contribution in [1.29, 1.82) is 5.26 Å². The normalized spacial score (nSPS) is 21.5. The molecule has 0 spiro atoms. The molecule has 1 aromatic rings. The average molecular weight is 302 g/mol. The number of amides is 1. The highest BCUT2D eigenvalue weighted by atomic mass is 32.2. The average Bonchev–Trinajstić information content (AvgIpc) is 2.47. The first kappa shape index (κ1) is 15.9. The molecule has 2 rings (SSSR count). The molecule has 4 heteroatoms. The van der Waals surface area contributed by atoms with E-state index in [0.29, 0.717) is 17.7 Å². The highest BCUT2D eigenvalue weighted by Gasteiger charge is 2.19. The van der Waals surface area contributed by atoms with Crippen LogP contribution in [0.5, 0.6) is 0 Å². The van der Waals surface area contributed by atoms with Gasteiger partial charge in [0.05, 0.1) is 11.6 Å². The van der Waals surface area contributed by atoms with Crippen molar-refractivity contribution in [2.45, 2.75) is 44.3 Å². The lowest BCUT2D eigenvalue weighted by Crippen LogP contribution is -2.17. The van der Waals surface area contributed by atoms with E-state index in [1.54, 1.807) is 18.2 Å². The number of nitrogens with one attached hydrogen (secondary N) is 1. The molecular weight excluding hydrogens is 280 g/mol. The molecule has 112 valence electrons. The predicted molar refractivity (Wildman–Crippen MR) is 88.3 cm³/mol. The van der Waals surface area contributed by atoms with Crippen LogP contribution in [0.15, 0.2) is 24.3 Å². The third-order valence-electron chi connectivity index (χ3n) is 3.85. The highest BCUT2D eigenvalue weighted by molar-refractivity contribution is 7.99. The van der Waals surface area contributed by atoms with E-state index in [4.69, 9.17) is 5.26 Å². The number of rotatable bonds is 5. The van der Waals surface area contributed by atoms with E-state index in [0.717, 1.165) is 16.9 Å². The zero-order valence-corrected chi connectivity index (χ0v) is 13.3. The molecule has 1 aliphatic carbocycles. The summed E-state index contributed by atoms with van der Waals surface area (Å²) in [4.78, 5) is 11.9. The van der Waals surface area contributed by atoms with Crippen LogP contribution >= 0.6 is 11.8 Å². The van der Waals surface area contributed by atoms with Crippen molar-refractivity contribution >= 4 is 23.4 Å². The van der Waals surface area contributed by atoms with Crippen LogP contribution in [-0.4, -0.2) is 16.9 Å². The Bertz CT molecular complexity index is 524. The molecule has 0 bridgehead atoms. The first-order valence-electron chi connectivity index (χ1n) is 7.59. The maximum Gasteiger partial charge on any atom is 0.225 e. The molecule has 21 heavy (non-hydrogen) atoms. The molecule has 1 aromatic carbocycles. The second-order valence-corrected chi connectivity index (χ2v) is 7.16. The molecule has 2 atom stereocenters. The summed E-state index contributed by atoms with van der Waals surface area (Å²) in [5, 5.41) is 12.4. The summed E-state index contributed by atoms with van der Waals surface area (Å²) in [6.07, 6.45) is 5.79. The van der Waals surface area contributed by atoms with Gasteiger partial charge in [0.25, 0.3) is 0 Å². The fourth-order valence-electron chi connectivity index (χ4n) is 2.74. The van der Waals surface area contributed by atoms with Crippen LogP contribution in [0.1, 0.15) is 44.6 Å². The first-order chi connectivity index (χ1) is 10.2. The third kappa shape index (κ3) is 5.43. The molecule has 0 radical (unpaired) electrons. The van der Waals surface area contributed by atoms with Crippen LogP contribution in [0.2, 0.25) is 0 Å². The van der Waals surface area contributed by atoms with Crippen molar-refractivity contribution in [2.75, 3.05) is 11.1 Å². The highest BCUT2D eigenvalue weighted by Crippen LogP contribution is 2.32. The molecule has 1 amide bonds. The maximum absolute atomic E-state index is 11.9. The Labute approximate surface area is 131 Å². The van der Waals surface area contributed by atoms with Crippen molar-refractivity contribution in [3.8, 4) is 6.07 Å². The zero-order valence-electron chi connectivity index (χ0n) is 12.5. The lowest BCUT2D eigenvalue weighted by molar-refractivity contribution is -0.115. The Morgan fingerprint density at radius 1 is 1.48 bits per heavy atom. The Hall–Kier alpha value is -1.47. The van der Waals surface area contributed by atoms with Gasteiger partial charge in [0.1, 0.15) is 0 Å². The Balaban J connectivity index is 1.71. The fraction of sp³-hybridized carbons (Fsp3) is 0.529. The summed E-state index contributed by atoms with van der Waals surface area (Å²) in [5.41, 5.74) is 1.27. The lowest BCUT2D eigenvalue weighted by atomic mass is 9.91. The summed E-state index contributed by atoms with van der Waals surface area (Å²) >= 11 is 1.93. The molecule has 1 N–H and O–H groups in total. The Kier molecular flexibility index (Phi) is 6.13. The molecule has 1 fully saturated rings. The molecule has 1 aliphatic rings. The number of carbonyl (C=O) groups excluding carboxylic acids is 1. The molecule has 1 saturated carbocycles. The van der Waals surface area contributed by atoms with Crippen LogP contribution in [0, 0.1) is 17.2 Å². The second-order valence-electron chi connectivity index (χ2n) is 5.76. The van der Waals surface area contributed by atoms with Gasteiger partial charge in [-0.25, -0.2) is 0 Å². The molecule has 3 nitrogen and oxygen atoms in total. The minimum Gasteiger partial charge on any atom is -0.326 e. The Morgan fingerprint density at radius 3 is 3.10 bits per heavy atom. The summed E-state index contributed by atoms with van der Waals surface area (Å²) in [5.74, 6) is 1.74. The quantitative estimate of drug-likeness (QED) is 0.887. The molecular formula is C17H22N2OS. The molecule has 0 aliphatic heterocycles.